The predicted molar refractivity (Wildman–Crippen MR) is 76.8 cm³/mol. The third-order valence-electron chi connectivity index (χ3n) is 2.55. The quantitative estimate of drug-likeness (QED) is 0.811. The first-order chi connectivity index (χ1) is 9.28. The fourth-order valence-electron chi connectivity index (χ4n) is 1.72. The number of halogens is 1. The van der Waals surface area contributed by atoms with Crippen LogP contribution in [0.15, 0.2) is 52.5 Å². The predicted octanol–water partition coefficient (Wildman–Crippen LogP) is 3.87. The summed E-state index contributed by atoms with van der Waals surface area (Å²) in [6.45, 7) is 3.75. The van der Waals surface area contributed by atoms with Gasteiger partial charge in [-0.2, -0.15) is 0 Å². The van der Waals surface area contributed by atoms with Crippen LogP contribution in [0.2, 0.25) is 0 Å². The summed E-state index contributed by atoms with van der Waals surface area (Å²) in [6.07, 6.45) is 2.82. The van der Waals surface area contributed by atoms with Crippen LogP contribution in [0.1, 0.15) is 18.9 Å². The van der Waals surface area contributed by atoms with E-state index in [0.29, 0.717) is 6.54 Å². The smallest absolute Gasteiger partial charge is 0.124 e. The third kappa shape index (κ3) is 4.65. The topological polar surface area (TPSA) is 24.9 Å². The standard InChI is InChI=1S/C15H17FN2S/c1-2-6-17-11-12-8-13(16)10-14(9-12)19-15-5-3-4-7-18-15/h3-5,7-10,17H,2,6,11H2,1H3. The Bertz CT molecular complexity index is 517. The molecule has 0 radical (unpaired) electrons. The number of benzene rings is 1. The number of pyridine rings is 1. The van der Waals surface area contributed by atoms with Crippen LogP contribution in [-0.2, 0) is 6.54 Å². The molecule has 0 aliphatic rings. The fourth-order valence-corrected chi connectivity index (χ4v) is 2.60. The van der Waals surface area contributed by atoms with Crippen LogP contribution < -0.4 is 5.32 Å². The molecule has 0 spiro atoms. The van der Waals surface area contributed by atoms with Crippen LogP contribution in [-0.4, -0.2) is 11.5 Å². The van der Waals surface area contributed by atoms with Crippen molar-refractivity contribution >= 4 is 11.8 Å². The molecule has 0 saturated heterocycles. The highest BCUT2D eigenvalue weighted by molar-refractivity contribution is 7.99. The second-order valence-corrected chi connectivity index (χ2v) is 5.34. The van der Waals surface area contributed by atoms with E-state index in [0.717, 1.165) is 28.5 Å². The maximum atomic E-state index is 13.6. The number of rotatable bonds is 6. The van der Waals surface area contributed by atoms with Crippen molar-refractivity contribution in [2.45, 2.75) is 29.8 Å². The van der Waals surface area contributed by atoms with Crippen LogP contribution in [0.25, 0.3) is 0 Å². The molecule has 0 atom stereocenters. The monoisotopic (exact) mass is 276 g/mol. The van der Waals surface area contributed by atoms with Crippen LogP contribution in [0.3, 0.4) is 0 Å². The zero-order valence-corrected chi connectivity index (χ0v) is 11.7. The van der Waals surface area contributed by atoms with E-state index in [1.54, 1.807) is 18.3 Å². The summed E-state index contributed by atoms with van der Waals surface area (Å²) in [7, 11) is 0. The van der Waals surface area contributed by atoms with Gasteiger partial charge in [0.2, 0.25) is 0 Å². The van der Waals surface area contributed by atoms with Gasteiger partial charge in [-0.05, 0) is 48.9 Å². The number of hydrogen-bond donors (Lipinski definition) is 1. The van der Waals surface area contributed by atoms with Crippen LogP contribution in [0, 0.1) is 5.82 Å². The first kappa shape index (κ1) is 14.0. The summed E-state index contributed by atoms with van der Waals surface area (Å²) in [5.74, 6) is -0.200. The van der Waals surface area contributed by atoms with Gasteiger partial charge in [-0.25, -0.2) is 9.37 Å². The van der Waals surface area contributed by atoms with Gasteiger partial charge in [0.05, 0.1) is 0 Å². The summed E-state index contributed by atoms with van der Waals surface area (Å²) in [5, 5.41) is 4.15. The van der Waals surface area contributed by atoms with Gasteiger partial charge in [0.15, 0.2) is 0 Å². The van der Waals surface area contributed by atoms with E-state index in [2.05, 4.69) is 17.2 Å². The van der Waals surface area contributed by atoms with E-state index in [9.17, 15) is 4.39 Å². The molecule has 0 aliphatic heterocycles. The Hall–Kier alpha value is -1.39. The molecule has 0 fully saturated rings. The van der Waals surface area contributed by atoms with Crippen molar-refractivity contribution in [2.24, 2.45) is 0 Å². The molecule has 0 unspecified atom stereocenters. The van der Waals surface area contributed by atoms with E-state index < -0.39 is 0 Å². The van der Waals surface area contributed by atoms with Crippen molar-refractivity contribution < 1.29 is 4.39 Å². The van der Waals surface area contributed by atoms with E-state index in [1.807, 2.05) is 24.3 Å². The molecule has 0 amide bonds. The second-order valence-electron chi connectivity index (χ2n) is 4.24. The third-order valence-corrected chi connectivity index (χ3v) is 3.47. The lowest BCUT2D eigenvalue weighted by Crippen LogP contribution is -2.13. The maximum Gasteiger partial charge on any atom is 0.124 e. The maximum absolute atomic E-state index is 13.6. The molecular weight excluding hydrogens is 259 g/mol. The van der Waals surface area contributed by atoms with Gasteiger partial charge in [0.25, 0.3) is 0 Å². The molecule has 2 nitrogen and oxygen atoms in total. The van der Waals surface area contributed by atoms with Crippen molar-refractivity contribution in [3.8, 4) is 0 Å². The Balaban J connectivity index is 2.08. The minimum absolute atomic E-state index is 0.200. The van der Waals surface area contributed by atoms with Crippen LogP contribution >= 0.6 is 11.8 Å². The highest BCUT2D eigenvalue weighted by Gasteiger charge is 2.03. The molecule has 100 valence electrons. The number of aromatic nitrogens is 1. The Morgan fingerprint density at radius 1 is 1.26 bits per heavy atom. The largest absolute Gasteiger partial charge is 0.313 e. The zero-order chi connectivity index (χ0) is 13.5. The molecule has 1 aromatic heterocycles. The lowest BCUT2D eigenvalue weighted by Gasteiger charge is -2.07. The summed E-state index contributed by atoms with van der Waals surface area (Å²) < 4.78 is 13.6. The van der Waals surface area contributed by atoms with E-state index in [1.165, 1.54) is 11.8 Å². The fraction of sp³-hybridized carbons (Fsp3) is 0.267. The van der Waals surface area contributed by atoms with Gasteiger partial charge < -0.3 is 5.32 Å². The molecule has 2 rings (SSSR count). The lowest BCUT2D eigenvalue weighted by atomic mass is 10.2. The van der Waals surface area contributed by atoms with Gasteiger partial charge in [-0.15, -0.1) is 0 Å². The Kier molecular flexibility index (Phi) is 5.36. The average Bonchev–Trinajstić information content (AvgIpc) is 2.39. The van der Waals surface area contributed by atoms with E-state index >= 15 is 0 Å². The molecule has 1 N–H and O–H groups in total. The molecule has 19 heavy (non-hydrogen) atoms. The molecule has 2 aromatic rings. The van der Waals surface area contributed by atoms with Gasteiger partial charge in [-0.1, -0.05) is 24.8 Å². The summed E-state index contributed by atoms with van der Waals surface area (Å²) >= 11 is 1.48. The normalized spacial score (nSPS) is 10.6. The van der Waals surface area contributed by atoms with Crippen molar-refractivity contribution in [1.29, 1.82) is 0 Å². The number of nitrogens with zero attached hydrogens (tertiary/aromatic N) is 1. The summed E-state index contributed by atoms with van der Waals surface area (Å²) in [5.41, 5.74) is 0.965. The minimum atomic E-state index is -0.200. The van der Waals surface area contributed by atoms with Gasteiger partial charge in [0.1, 0.15) is 10.8 Å². The molecule has 0 saturated carbocycles. The van der Waals surface area contributed by atoms with Crippen LogP contribution in [0.5, 0.6) is 0 Å². The van der Waals surface area contributed by atoms with Crippen molar-refractivity contribution in [2.75, 3.05) is 6.54 Å². The highest BCUT2D eigenvalue weighted by Crippen LogP contribution is 2.27. The molecule has 0 bridgehead atoms. The van der Waals surface area contributed by atoms with Crippen molar-refractivity contribution in [1.82, 2.24) is 10.3 Å². The Labute approximate surface area is 117 Å². The highest BCUT2D eigenvalue weighted by atomic mass is 32.2. The summed E-state index contributed by atoms with van der Waals surface area (Å²) in [6, 6.07) is 10.8. The van der Waals surface area contributed by atoms with Crippen LogP contribution in [0.4, 0.5) is 4.39 Å². The van der Waals surface area contributed by atoms with E-state index in [-0.39, 0.29) is 5.82 Å². The van der Waals surface area contributed by atoms with Gasteiger partial charge in [0, 0.05) is 17.6 Å². The zero-order valence-electron chi connectivity index (χ0n) is 10.9. The number of hydrogen-bond acceptors (Lipinski definition) is 3. The molecule has 4 heteroatoms. The van der Waals surface area contributed by atoms with Gasteiger partial charge >= 0.3 is 0 Å². The van der Waals surface area contributed by atoms with E-state index in [4.69, 9.17) is 0 Å². The Morgan fingerprint density at radius 3 is 2.89 bits per heavy atom. The first-order valence-corrected chi connectivity index (χ1v) is 7.18. The van der Waals surface area contributed by atoms with Crippen molar-refractivity contribution in [3.05, 3.63) is 54.0 Å². The van der Waals surface area contributed by atoms with Gasteiger partial charge in [-0.3, -0.25) is 0 Å². The first-order valence-electron chi connectivity index (χ1n) is 6.37. The molecule has 1 aromatic carbocycles. The summed E-state index contributed by atoms with van der Waals surface area (Å²) in [4.78, 5) is 5.12. The number of nitrogens with one attached hydrogen (secondary N) is 1. The SMILES string of the molecule is CCCNCc1cc(F)cc(Sc2ccccn2)c1. The lowest BCUT2D eigenvalue weighted by molar-refractivity contribution is 0.615. The Morgan fingerprint density at radius 2 is 2.16 bits per heavy atom. The molecular formula is C15H17FN2S. The second kappa shape index (κ2) is 7.26. The molecule has 1 heterocycles. The minimum Gasteiger partial charge on any atom is -0.313 e. The molecule has 0 aliphatic carbocycles. The average molecular weight is 276 g/mol. The van der Waals surface area contributed by atoms with Crippen molar-refractivity contribution in [3.63, 3.8) is 0 Å².